The Morgan fingerprint density at radius 3 is 2.52 bits per heavy atom. The van der Waals surface area contributed by atoms with Crippen molar-refractivity contribution in [2.75, 3.05) is 0 Å². The number of nitrogens with zero attached hydrogens (tertiary/aromatic N) is 4. The fourth-order valence-corrected chi connectivity index (χ4v) is 4.33. The van der Waals surface area contributed by atoms with Gasteiger partial charge in [-0.2, -0.15) is 0 Å². The minimum Gasteiger partial charge on any atom is -0.456 e. The van der Waals surface area contributed by atoms with E-state index in [2.05, 4.69) is 10.2 Å². The predicted octanol–water partition coefficient (Wildman–Crippen LogP) is 2.82. The van der Waals surface area contributed by atoms with E-state index >= 15 is 0 Å². The number of hydrogen-bond acceptors (Lipinski definition) is 8. The second-order valence-corrected chi connectivity index (χ2v) is 8.13. The number of nitro groups is 1. The number of furan rings is 1. The van der Waals surface area contributed by atoms with Crippen molar-refractivity contribution in [3.8, 4) is 11.3 Å². The van der Waals surface area contributed by atoms with Gasteiger partial charge in [-0.25, -0.2) is 4.40 Å². The van der Waals surface area contributed by atoms with E-state index in [1.807, 2.05) is 30.3 Å². The van der Waals surface area contributed by atoms with E-state index < -0.39 is 16.0 Å². The zero-order chi connectivity index (χ0) is 22.9. The average Bonchev–Trinajstić information content (AvgIpc) is 3.41. The largest absolute Gasteiger partial charge is 0.456 e. The Morgan fingerprint density at radius 1 is 0.970 bits per heavy atom. The topological polar surface area (TPSA) is 121 Å². The van der Waals surface area contributed by atoms with E-state index in [0.717, 1.165) is 21.3 Å². The number of thiazole rings is 1. The van der Waals surface area contributed by atoms with Crippen LogP contribution >= 0.6 is 11.3 Å². The molecule has 0 aliphatic carbocycles. The van der Waals surface area contributed by atoms with Crippen LogP contribution in [0.2, 0.25) is 0 Å². The first-order valence-electron chi connectivity index (χ1n) is 9.81. The van der Waals surface area contributed by atoms with Crippen molar-refractivity contribution in [2.24, 2.45) is 0 Å². The van der Waals surface area contributed by atoms with Crippen molar-refractivity contribution < 1.29 is 9.34 Å². The van der Waals surface area contributed by atoms with E-state index in [9.17, 15) is 19.7 Å². The lowest BCUT2D eigenvalue weighted by molar-refractivity contribution is -0.384. The zero-order valence-electron chi connectivity index (χ0n) is 16.9. The first kappa shape index (κ1) is 20.5. The smallest absolute Gasteiger partial charge is 0.283 e. The molecule has 9 nitrogen and oxygen atoms in total. The molecule has 0 radical (unpaired) electrons. The molecule has 0 aliphatic heterocycles. The summed E-state index contributed by atoms with van der Waals surface area (Å²) in [5.74, 6) is 0.613. The summed E-state index contributed by atoms with van der Waals surface area (Å²) >= 11 is 1.01. The Morgan fingerprint density at radius 2 is 1.73 bits per heavy atom. The number of para-hydroxylation sites is 1. The van der Waals surface area contributed by atoms with Gasteiger partial charge in [0.1, 0.15) is 21.7 Å². The van der Waals surface area contributed by atoms with Crippen molar-refractivity contribution in [1.82, 2.24) is 14.6 Å². The lowest BCUT2D eigenvalue weighted by Gasteiger charge is -1.99. The number of aromatic nitrogens is 3. The maximum absolute atomic E-state index is 12.9. The highest BCUT2D eigenvalue weighted by molar-refractivity contribution is 7.15. The maximum Gasteiger partial charge on any atom is 0.283 e. The first-order valence-corrected chi connectivity index (χ1v) is 10.6. The van der Waals surface area contributed by atoms with Gasteiger partial charge in [0.2, 0.25) is 4.96 Å². The maximum atomic E-state index is 12.9. The number of benzene rings is 2. The van der Waals surface area contributed by atoms with Gasteiger partial charge in [-0.15, -0.1) is 10.2 Å². The van der Waals surface area contributed by atoms with Crippen molar-refractivity contribution in [2.45, 2.75) is 6.42 Å². The molecule has 3 heterocycles. The number of fused-ring (bicyclic) bond motifs is 1. The third-order valence-electron chi connectivity index (χ3n) is 4.99. The molecule has 0 aliphatic rings. The third-order valence-corrected chi connectivity index (χ3v) is 5.95. The van der Waals surface area contributed by atoms with Gasteiger partial charge in [-0.05, 0) is 23.8 Å². The van der Waals surface area contributed by atoms with E-state index in [1.54, 1.807) is 30.3 Å². The molecule has 0 atom stereocenters. The highest BCUT2D eigenvalue weighted by atomic mass is 32.1. The molecule has 162 valence electrons. The van der Waals surface area contributed by atoms with Crippen LogP contribution in [0.15, 0.2) is 80.7 Å². The van der Waals surface area contributed by atoms with Gasteiger partial charge >= 0.3 is 0 Å². The summed E-state index contributed by atoms with van der Waals surface area (Å²) in [6.45, 7) is 0. The average molecular weight is 458 g/mol. The highest BCUT2D eigenvalue weighted by Crippen LogP contribution is 2.30. The van der Waals surface area contributed by atoms with E-state index in [-0.39, 0.29) is 27.3 Å². The van der Waals surface area contributed by atoms with Crippen molar-refractivity contribution in [3.63, 3.8) is 0 Å². The van der Waals surface area contributed by atoms with Gasteiger partial charge in [0.15, 0.2) is 0 Å². The number of nitro benzene ring substituents is 1. The predicted molar refractivity (Wildman–Crippen MR) is 122 cm³/mol. The van der Waals surface area contributed by atoms with Crippen LogP contribution in [-0.4, -0.2) is 19.5 Å². The molecular formula is C23H14N4O5S. The molecule has 0 spiro atoms. The molecule has 33 heavy (non-hydrogen) atoms. The van der Waals surface area contributed by atoms with Crippen molar-refractivity contribution >= 4 is 28.1 Å². The standard InChI is InChI=1S/C23H14N4O5S/c28-21-17(12-14-6-2-1-3-7-14)24-25-23-26(21)22(29)20(33-23)13-15-10-11-19(32-15)16-8-4-5-9-18(16)27(30)31/h1-11,13H,12H2/b20-13-. The van der Waals surface area contributed by atoms with Crippen LogP contribution in [0.5, 0.6) is 0 Å². The summed E-state index contributed by atoms with van der Waals surface area (Å²) in [4.78, 5) is 36.8. The lowest BCUT2D eigenvalue weighted by Crippen LogP contribution is -2.33. The SMILES string of the molecule is O=c1c(Cc2ccccc2)nnc2s/c(=C\c3ccc(-c4ccccc4[N+](=O)[O-])o3)c(=O)n12. The Bertz CT molecular complexity index is 1670. The second-order valence-electron chi connectivity index (χ2n) is 7.12. The van der Waals surface area contributed by atoms with Crippen LogP contribution in [0, 0.1) is 10.1 Å². The van der Waals surface area contributed by atoms with Gasteiger partial charge in [-0.3, -0.25) is 19.7 Å². The van der Waals surface area contributed by atoms with Crippen LogP contribution in [-0.2, 0) is 6.42 Å². The Labute approximate surface area is 189 Å². The van der Waals surface area contributed by atoms with Crippen molar-refractivity contribution in [1.29, 1.82) is 0 Å². The number of rotatable bonds is 5. The van der Waals surface area contributed by atoms with Gasteiger partial charge in [0.25, 0.3) is 16.8 Å². The Balaban J connectivity index is 1.55. The van der Waals surface area contributed by atoms with Crippen LogP contribution in [0.1, 0.15) is 17.0 Å². The minimum atomic E-state index is -0.521. The summed E-state index contributed by atoms with van der Waals surface area (Å²) in [6.07, 6.45) is 1.75. The fraction of sp³-hybridized carbons (Fsp3) is 0.0435. The molecule has 0 unspecified atom stereocenters. The molecule has 0 saturated carbocycles. The normalized spacial score (nSPS) is 11.8. The van der Waals surface area contributed by atoms with Gasteiger partial charge in [-0.1, -0.05) is 53.8 Å². The lowest BCUT2D eigenvalue weighted by atomic mass is 10.1. The molecule has 5 aromatic rings. The molecule has 0 amide bonds. The fourth-order valence-electron chi connectivity index (χ4n) is 3.44. The van der Waals surface area contributed by atoms with Crippen molar-refractivity contribution in [3.05, 3.63) is 119 Å². The zero-order valence-corrected chi connectivity index (χ0v) is 17.7. The molecule has 0 saturated heterocycles. The molecule has 5 rings (SSSR count). The van der Waals surface area contributed by atoms with Crippen LogP contribution < -0.4 is 15.7 Å². The van der Waals surface area contributed by atoms with Gasteiger partial charge in [0.05, 0.1) is 10.5 Å². The third kappa shape index (κ3) is 3.83. The molecule has 0 N–H and O–H groups in total. The summed E-state index contributed by atoms with van der Waals surface area (Å²) in [5, 5.41) is 19.4. The van der Waals surface area contributed by atoms with E-state index in [0.29, 0.717) is 17.1 Å². The first-order chi connectivity index (χ1) is 16.0. The van der Waals surface area contributed by atoms with E-state index in [1.165, 1.54) is 12.1 Å². The highest BCUT2D eigenvalue weighted by Gasteiger charge is 2.17. The molecule has 0 bridgehead atoms. The summed E-state index contributed by atoms with van der Waals surface area (Å²) in [7, 11) is 0. The molecular weight excluding hydrogens is 444 g/mol. The summed E-state index contributed by atoms with van der Waals surface area (Å²) < 4.78 is 6.98. The van der Waals surface area contributed by atoms with Gasteiger partial charge < -0.3 is 4.42 Å². The Kier molecular flexibility index (Phi) is 5.11. The van der Waals surface area contributed by atoms with Crippen LogP contribution in [0.3, 0.4) is 0 Å². The number of hydrogen-bond donors (Lipinski definition) is 0. The molecule has 0 fully saturated rings. The van der Waals surface area contributed by atoms with E-state index in [4.69, 9.17) is 4.42 Å². The quantitative estimate of drug-likeness (QED) is 0.293. The van der Waals surface area contributed by atoms with Crippen LogP contribution in [0.4, 0.5) is 5.69 Å². The molecule has 2 aromatic carbocycles. The summed E-state index contributed by atoms with van der Waals surface area (Å²) in [6, 6.07) is 18.7. The van der Waals surface area contributed by atoms with Gasteiger partial charge in [0, 0.05) is 18.6 Å². The minimum absolute atomic E-state index is 0.0856. The summed E-state index contributed by atoms with van der Waals surface area (Å²) in [5.41, 5.74) is 0.275. The monoisotopic (exact) mass is 458 g/mol. The second kappa shape index (κ2) is 8.24. The molecule has 3 aromatic heterocycles. The molecule has 10 heteroatoms. The van der Waals surface area contributed by atoms with Crippen LogP contribution in [0.25, 0.3) is 22.4 Å². The Hall–Kier alpha value is -4.44.